The number of nitrogens with zero attached hydrogens (tertiary/aromatic N) is 2. The van der Waals surface area contributed by atoms with E-state index >= 15 is 0 Å². The number of likely N-dealkylation sites (N-methyl/N-ethyl adjacent to an activating group) is 1. The molecule has 7 nitrogen and oxygen atoms in total. The predicted molar refractivity (Wildman–Crippen MR) is 91.9 cm³/mol. The van der Waals surface area contributed by atoms with Crippen molar-refractivity contribution in [3.05, 3.63) is 34.1 Å². The van der Waals surface area contributed by atoms with E-state index in [1.807, 2.05) is 0 Å². The Morgan fingerprint density at radius 2 is 2.12 bits per heavy atom. The van der Waals surface area contributed by atoms with Crippen molar-refractivity contribution in [1.29, 1.82) is 0 Å². The Morgan fingerprint density at radius 1 is 1.42 bits per heavy atom. The molecule has 1 aromatic carbocycles. The van der Waals surface area contributed by atoms with E-state index in [4.69, 9.17) is 14.4 Å². The van der Waals surface area contributed by atoms with Crippen molar-refractivity contribution in [3.8, 4) is 0 Å². The van der Waals surface area contributed by atoms with Crippen molar-refractivity contribution >= 4 is 27.7 Å². The fourth-order valence-corrected chi connectivity index (χ4v) is 4.19. The van der Waals surface area contributed by atoms with E-state index in [0.717, 1.165) is 10.1 Å². The zero-order valence-electron chi connectivity index (χ0n) is 14.9. The first-order chi connectivity index (χ1) is 12.2. The molecule has 0 aliphatic carbocycles. The van der Waals surface area contributed by atoms with Crippen LogP contribution in [0, 0.1) is 11.2 Å². The molecule has 2 heterocycles. The highest BCUT2D eigenvalue weighted by atomic mass is 79.9. The summed E-state index contributed by atoms with van der Waals surface area (Å²) in [7, 11) is 2.83. The maximum Gasteiger partial charge on any atom is 0.275 e. The molecule has 3 rings (SSSR count). The van der Waals surface area contributed by atoms with E-state index in [1.165, 1.54) is 27.1 Å². The van der Waals surface area contributed by atoms with Crippen molar-refractivity contribution in [2.75, 3.05) is 27.4 Å². The number of hydroxylamine groups is 4. The van der Waals surface area contributed by atoms with Crippen LogP contribution >= 0.6 is 15.9 Å². The monoisotopic (exact) mass is 430 g/mol. The molecule has 26 heavy (non-hydrogen) atoms. The molecule has 9 heteroatoms. The molecule has 0 spiro atoms. The lowest BCUT2D eigenvalue weighted by molar-refractivity contribution is -0.196. The van der Waals surface area contributed by atoms with Gasteiger partial charge in [0.2, 0.25) is 5.91 Å². The van der Waals surface area contributed by atoms with Crippen LogP contribution in [0.4, 0.5) is 4.39 Å². The number of rotatable bonds is 3. The van der Waals surface area contributed by atoms with E-state index in [-0.39, 0.29) is 18.8 Å². The van der Waals surface area contributed by atoms with Gasteiger partial charge in [-0.1, -0.05) is 22.9 Å². The molecule has 142 valence electrons. The molecule has 2 aliphatic rings. The van der Waals surface area contributed by atoms with E-state index in [1.54, 1.807) is 19.1 Å². The first kappa shape index (κ1) is 19.2. The fraction of sp³-hybridized carbons (Fsp3) is 0.529. The van der Waals surface area contributed by atoms with Crippen LogP contribution in [-0.4, -0.2) is 55.4 Å². The molecule has 0 N–H and O–H groups in total. The van der Waals surface area contributed by atoms with Crippen LogP contribution in [0.1, 0.15) is 19.4 Å². The minimum absolute atomic E-state index is 0.0203. The van der Waals surface area contributed by atoms with E-state index < -0.39 is 34.7 Å². The summed E-state index contributed by atoms with van der Waals surface area (Å²) in [5.74, 6) is -1.33. The SMILES string of the molecule is CON(C)C(=O)[C@H]1OC[C@]2(c3cc(Br)ccc3F)N(C(C)=O)OC[C@]12C. The average molecular weight is 431 g/mol. The molecule has 2 amide bonds. The van der Waals surface area contributed by atoms with Gasteiger partial charge in [-0.05, 0) is 18.2 Å². The van der Waals surface area contributed by atoms with Crippen molar-refractivity contribution in [1.82, 2.24) is 10.1 Å². The number of ether oxygens (including phenoxy) is 1. The summed E-state index contributed by atoms with van der Waals surface area (Å²) in [5, 5.41) is 2.19. The Morgan fingerprint density at radius 3 is 2.73 bits per heavy atom. The third-order valence-corrected chi connectivity index (χ3v) is 5.78. The van der Waals surface area contributed by atoms with E-state index in [0.29, 0.717) is 4.47 Å². The van der Waals surface area contributed by atoms with Gasteiger partial charge >= 0.3 is 0 Å². The Labute approximate surface area is 159 Å². The molecule has 0 unspecified atom stereocenters. The number of hydrogen-bond acceptors (Lipinski definition) is 5. The van der Waals surface area contributed by atoms with Gasteiger partial charge in [0.25, 0.3) is 5.91 Å². The first-order valence-electron chi connectivity index (χ1n) is 8.01. The van der Waals surface area contributed by atoms with Crippen molar-refractivity contribution < 1.29 is 28.4 Å². The molecule has 2 fully saturated rings. The van der Waals surface area contributed by atoms with Crippen LogP contribution in [0.3, 0.4) is 0 Å². The fourth-order valence-electron chi connectivity index (χ4n) is 3.83. The molecular formula is C17H20BrFN2O5. The normalized spacial score (nSPS) is 30.4. The van der Waals surface area contributed by atoms with Gasteiger partial charge in [-0.15, -0.1) is 0 Å². The number of benzene rings is 1. The van der Waals surface area contributed by atoms with Gasteiger partial charge in [-0.3, -0.25) is 19.3 Å². The Kier molecular flexibility index (Phi) is 4.85. The maximum absolute atomic E-state index is 14.8. The molecule has 3 atom stereocenters. The number of hydrogen-bond donors (Lipinski definition) is 0. The standard InChI is InChI=1S/C17H20BrFN2O5/c1-10(22)21-17(12-7-11(18)5-6-13(12)19)9-25-14(15(23)20(3)24-4)16(17,2)8-26-21/h5-7,14H,8-9H2,1-4H3/t14-,16-,17-/m1/s1. The smallest absolute Gasteiger partial charge is 0.275 e. The summed E-state index contributed by atoms with van der Waals surface area (Å²) in [4.78, 5) is 35.6. The molecule has 2 saturated heterocycles. The third kappa shape index (κ3) is 2.49. The summed E-state index contributed by atoms with van der Waals surface area (Å²) >= 11 is 3.34. The molecule has 2 aliphatic heterocycles. The highest BCUT2D eigenvalue weighted by Gasteiger charge is 2.71. The molecule has 0 radical (unpaired) electrons. The van der Waals surface area contributed by atoms with Gasteiger partial charge in [0.15, 0.2) is 0 Å². The van der Waals surface area contributed by atoms with E-state index in [9.17, 15) is 14.0 Å². The Balaban J connectivity index is 2.19. The van der Waals surface area contributed by atoms with Crippen LogP contribution in [0.2, 0.25) is 0 Å². The van der Waals surface area contributed by atoms with Gasteiger partial charge < -0.3 is 4.74 Å². The van der Waals surface area contributed by atoms with Crippen molar-refractivity contribution in [3.63, 3.8) is 0 Å². The summed E-state index contributed by atoms with van der Waals surface area (Å²) in [6.07, 6.45) is -0.963. The van der Waals surface area contributed by atoms with Crippen molar-refractivity contribution in [2.24, 2.45) is 5.41 Å². The van der Waals surface area contributed by atoms with Gasteiger partial charge in [0.05, 0.1) is 25.7 Å². The van der Waals surface area contributed by atoms with Crippen LogP contribution in [0.15, 0.2) is 22.7 Å². The Hall–Kier alpha value is -1.55. The van der Waals surface area contributed by atoms with Gasteiger partial charge in [-0.25, -0.2) is 14.5 Å². The van der Waals surface area contributed by atoms with Crippen LogP contribution < -0.4 is 0 Å². The molecule has 0 saturated carbocycles. The predicted octanol–water partition coefficient (Wildman–Crippen LogP) is 2.00. The number of halogens is 2. The lowest BCUT2D eigenvalue weighted by Crippen LogP contribution is -2.55. The topological polar surface area (TPSA) is 68.3 Å². The highest BCUT2D eigenvalue weighted by molar-refractivity contribution is 9.10. The van der Waals surface area contributed by atoms with Crippen LogP contribution in [0.25, 0.3) is 0 Å². The molecule has 0 aromatic heterocycles. The second-order valence-electron chi connectivity index (χ2n) is 6.70. The number of carbonyl (C=O) groups is 2. The van der Waals surface area contributed by atoms with Gasteiger partial charge in [-0.2, -0.15) is 0 Å². The van der Waals surface area contributed by atoms with Gasteiger partial charge in [0, 0.05) is 24.0 Å². The van der Waals surface area contributed by atoms with Crippen LogP contribution in [0.5, 0.6) is 0 Å². The maximum atomic E-state index is 14.8. The summed E-state index contributed by atoms with van der Waals surface area (Å²) in [6, 6.07) is 4.47. The van der Waals surface area contributed by atoms with E-state index in [2.05, 4.69) is 15.9 Å². The number of fused-ring (bicyclic) bond motifs is 1. The second kappa shape index (κ2) is 6.56. The lowest BCUT2D eigenvalue weighted by atomic mass is 9.66. The quantitative estimate of drug-likeness (QED) is 0.686. The molecule has 1 aromatic rings. The summed E-state index contributed by atoms with van der Waals surface area (Å²) in [6.45, 7) is 3.03. The minimum Gasteiger partial charge on any atom is -0.365 e. The third-order valence-electron chi connectivity index (χ3n) is 5.29. The van der Waals surface area contributed by atoms with Crippen LogP contribution in [-0.2, 0) is 29.5 Å². The number of amides is 2. The molecular weight excluding hydrogens is 411 g/mol. The lowest BCUT2D eigenvalue weighted by Gasteiger charge is -2.40. The minimum atomic E-state index is -1.28. The zero-order chi connectivity index (χ0) is 19.3. The molecule has 0 bridgehead atoms. The summed E-state index contributed by atoms with van der Waals surface area (Å²) < 4.78 is 21.3. The number of carbonyl (C=O) groups excluding carboxylic acids is 2. The second-order valence-corrected chi connectivity index (χ2v) is 7.61. The first-order valence-corrected chi connectivity index (χ1v) is 8.81. The summed E-state index contributed by atoms with van der Waals surface area (Å²) in [5.41, 5.74) is -2.05. The zero-order valence-corrected chi connectivity index (χ0v) is 16.5. The average Bonchev–Trinajstić information content (AvgIpc) is 3.05. The highest BCUT2D eigenvalue weighted by Crippen LogP contribution is 2.58. The van der Waals surface area contributed by atoms with Crippen molar-refractivity contribution in [2.45, 2.75) is 25.5 Å². The van der Waals surface area contributed by atoms with Gasteiger partial charge in [0.1, 0.15) is 17.5 Å². The Bertz CT molecular complexity index is 763. The largest absolute Gasteiger partial charge is 0.365 e.